The van der Waals surface area contributed by atoms with E-state index in [0.29, 0.717) is 46.2 Å². The Labute approximate surface area is 195 Å². The summed E-state index contributed by atoms with van der Waals surface area (Å²) in [6.07, 6.45) is 6.52. The number of terminal acetylenes is 1. The van der Waals surface area contributed by atoms with Crippen molar-refractivity contribution in [1.29, 1.82) is 0 Å². The summed E-state index contributed by atoms with van der Waals surface area (Å²) in [5.41, 5.74) is 1.51. The first-order valence-electron chi connectivity index (χ1n) is 9.87. The lowest BCUT2D eigenvalue weighted by atomic mass is 10.1. The number of halogens is 2. The number of hydrogen-bond acceptors (Lipinski definition) is 3. The first-order chi connectivity index (χ1) is 15.3. The maximum absolute atomic E-state index is 12.9. The fraction of sp³-hybridized carbons (Fsp3) is 0.261. The van der Waals surface area contributed by atoms with Gasteiger partial charge in [0.2, 0.25) is 0 Å². The van der Waals surface area contributed by atoms with Gasteiger partial charge in [-0.2, -0.15) is 0 Å². The van der Waals surface area contributed by atoms with Crippen molar-refractivity contribution in [2.45, 2.75) is 25.4 Å². The molecule has 32 heavy (non-hydrogen) atoms. The van der Waals surface area contributed by atoms with Crippen molar-refractivity contribution in [3.05, 3.63) is 63.6 Å². The van der Waals surface area contributed by atoms with Gasteiger partial charge in [-0.3, -0.25) is 4.79 Å². The van der Waals surface area contributed by atoms with E-state index in [-0.39, 0.29) is 19.0 Å². The normalized spacial score (nSPS) is 15.2. The second-order valence-electron chi connectivity index (χ2n) is 7.31. The highest BCUT2D eigenvalue weighted by Gasteiger charge is 2.34. The maximum atomic E-state index is 12.9. The van der Waals surface area contributed by atoms with E-state index in [9.17, 15) is 19.5 Å². The van der Waals surface area contributed by atoms with Crippen LogP contribution in [0.15, 0.2) is 42.5 Å². The molecule has 0 aromatic heterocycles. The smallest absolute Gasteiger partial charge is 0.326 e. The van der Waals surface area contributed by atoms with E-state index in [1.54, 1.807) is 36.4 Å². The highest BCUT2D eigenvalue weighted by atomic mass is 35.5. The molecule has 7 nitrogen and oxygen atoms in total. The third-order valence-corrected chi connectivity index (χ3v) is 5.83. The van der Waals surface area contributed by atoms with Crippen LogP contribution in [0.4, 0.5) is 10.5 Å². The maximum Gasteiger partial charge on any atom is 0.326 e. The fourth-order valence-electron chi connectivity index (χ4n) is 3.54. The standard InChI is InChI=1S/C23H21Cl2N3O4/c1-2-10-27(23(32)26-17-8-9-18(24)19(25)13-17)14-15-5-3-6-16(12-15)21(29)28-11-4-7-20(28)22(30)31/h1,3,5-6,8-9,12-13,20H,4,7,10-11,14H2,(H,26,32)(H,30,31)/t20-/m1/s1. The minimum absolute atomic E-state index is 0.0402. The van der Waals surface area contributed by atoms with Crippen molar-refractivity contribution in [1.82, 2.24) is 9.80 Å². The van der Waals surface area contributed by atoms with Gasteiger partial charge in [0, 0.05) is 24.3 Å². The Kier molecular flexibility index (Phi) is 7.62. The van der Waals surface area contributed by atoms with E-state index < -0.39 is 18.0 Å². The number of benzene rings is 2. The summed E-state index contributed by atoms with van der Waals surface area (Å²) in [4.78, 5) is 39.8. The lowest BCUT2D eigenvalue weighted by molar-refractivity contribution is -0.141. The number of carbonyl (C=O) groups excluding carboxylic acids is 2. The molecule has 1 fully saturated rings. The first kappa shape index (κ1) is 23.5. The van der Waals surface area contributed by atoms with Gasteiger partial charge in [-0.25, -0.2) is 9.59 Å². The Hall–Kier alpha value is -3.21. The van der Waals surface area contributed by atoms with E-state index in [4.69, 9.17) is 29.6 Å². The Bertz CT molecular complexity index is 1080. The lowest BCUT2D eigenvalue weighted by Gasteiger charge is -2.23. The molecule has 1 aliphatic heterocycles. The van der Waals surface area contributed by atoms with E-state index >= 15 is 0 Å². The van der Waals surface area contributed by atoms with E-state index in [2.05, 4.69) is 11.2 Å². The van der Waals surface area contributed by atoms with Crippen LogP contribution in [-0.2, 0) is 11.3 Å². The Morgan fingerprint density at radius 3 is 2.66 bits per heavy atom. The van der Waals surface area contributed by atoms with Crippen LogP contribution >= 0.6 is 23.2 Å². The predicted molar refractivity (Wildman–Crippen MR) is 123 cm³/mol. The van der Waals surface area contributed by atoms with Crippen molar-refractivity contribution in [3.63, 3.8) is 0 Å². The molecule has 2 aromatic carbocycles. The summed E-state index contributed by atoms with van der Waals surface area (Å²) in [5.74, 6) is 1.10. The second kappa shape index (κ2) is 10.4. The Morgan fingerprint density at radius 1 is 1.19 bits per heavy atom. The quantitative estimate of drug-likeness (QED) is 0.610. The number of carboxylic acid groups (broad SMARTS) is 1. The largest absolute Gasteiger partial charge is 0.480 e. The molecule has 0 aliphatic carbocycles. The zero-order chi connectivity index (χ0) is 23.3. The first-order valence-corrected chi connectivity index (χ1v) is 10.6. The number of amides is 3. The molecule has 3 amide bonds. The molecule has 166 valence electrons. The monoisotopic (exact) mass is 473 g/mol. The zero-order valence-electron chi connectivity index (χ0n) is 17.1. The van der Waals surface area contributed by atoms with Crippen LogP contribution in [0.5, 0.6) is 0 Å². The van der Waals surface area contributed by atoms with Crippen LogP contribution in [-0.4, -0.2) is 51.9 Å². The van der Waals surface area contributed by atoms with Crippen molar-refractivity contribution >= 4 is 46.8 Å². The molecule has 0 radical (unpaired) electrons. The number of hydrogen-bond donors (Lipinski definition) is 2. The molecule has 1 atom stereocenters. The predicted octanol–water partition coefficient (Wildman–Crippen LogP) is 4.35. The van der Waals surface area contributed by atoms with Gasteiger partial charge in [-0.15, -0.1) is 6.42 Å². The molecule has 3 rings (SSSR count). The highest BCUT2D eigenvalue weighted by Crippen LogP contribution is 2.25. The Morgan fingerprint density at radius 2 is 1.97 bits per heavy atom. The van der Waals surface area contributed by atoms with Crippen molar-refractivity contribution < 1.29 is 19.5 Å². The Balaban J connectivity index is 1.74. The number of anilines is 1. The van der Waals surface area contributed by atoms with Crippen molar-refractivity contribution in [2.75, 3.05) is 18.4 Å². The van der Waals surface area contributed by atoms with Crippen LogP contribution in [0.2, 0.25) is 10.0 Å². The van der Waals surface area contributed by atoms with E-state index in [0.717, 1.165) is 0 Å². The summed E-state index contributed by atoms with van der Waals surface area (Å²) in [5, 5.41) is 12.7. The van der Waals surface area contributed by atoms with Crippen LogP contribution in [0.25, 0.3) is 0 Å². The van der Waals surface area contributed by atoms with Crippen LogP contribution < -0.4 is 5.32 Å². The van der Waals surface area contributed by atoms with Gasteiger partial charge < -0.3 is 20.2 Å². The molecule has 0 spiro atoms. The molecular formula is C23H21Cl2N3O4. The summed E-state index contributed by atoms with van der Waals surface area (Å²) in [7, 11) is 0. The molecule has 1 aliphatic rings. The number of aliphatic carboxylic acids is 1. The van der Waals surface area contributed by atoms with Crippen LogP contribution in [0.1, 0.15) is 28.8 Å². The van der Waals surface area contributed by atoms with Gasteiger partial charge in [-0.05, 0) is 48.7 Å². The summed E-state index contributed by atoms with van der Waals surface area (Å²) < 4.78 is 0. The molecule has 0 unspecified atom stereocenters. The highest BCUT2D eigenvalue weighted by molar-refractivity contribution is 6.42. The van der Waals surface area contributed by atoms with Gasteiger partial charge in [0.1, 0.15) is 6.04 Å². The molecule has 2 N–H and O–H groups in total. The number of urea groups is 1. The SMILES string of the molecule is C#CCN(Cc1cccc(C(=O)N2CCC[C@@H]2C(=O)O)c1)C(=O)Nc1ccc(Cl)c(Cl)c1. The molecule has 2 aromatic rings. The number of nitrogens with zero attached hydrogens (tertiary/aromatic N) is 2. The fourth-order valence-corrected chi connectivity index (χ4v) is 3.84. The average Bonchev–Trinajstić information content (AvgIpc) is 3.26. The van der Waals surface area contributed by atoms with Gasteiger partial charge in [-0.1, -0.05) is 41.3 Å². The molecular weight excluding hydrogens is 453 g/mol. The molecule has 9 heteroatoms. The van der Waals surface area contributed by atoms with E-state index in [1.807, 2.05) is 0 Å². The molecule has 1 heterocycles. The summed E-state index contributed by atoms with van der Waals surface area (Å²) in [6, 6.07) is 10.2. The number of carbonyl (C=O) groups is 3. The average molecular weight is 474 g/mol. The lowest BCUT2D eigenvalue weighted by Crippen LogP contribution is -2.40. The minimum Gasteiger partial charge on any atom is -0.480 e. The number of nitrogens with one attached hydrogen (secondary N) is 1. The number of rotatable bonds is 6. The zero-order valence-corrected chi connectivity index (χ0v) is 18.6. The van der Waals surface area contributed by atoms with Crippen LogP contribution in [0, 0.1) is 12.3 Å². The number of likely N-dealkylation sites (tertiary alicyclic amines) is 1. The minimum atomic E-state index is -1.01. The summed E-state index contributed by atoms with van der Waals surface area (Å²) >= 11 is 11.9. The molecule has 0 bridgehead atoms. The van der Waals surface area contributed by atoms with E-state index in [1.165, 1.54) is 15.9 Å². The van der Waals surface area contributed by atoms with Gasteiger partial charge in [0.15, 0.2) is 0 Å². The summed E-state index contributed by atoms with van der Waals surface area (Å²) in [6.45, 7) is 0.592. The van der Waals surface area contributed by atoms with Crippen LogP contribution in [0.3, 0.4) is 0 Å². The van der Waals surface area contributed by atoms with Crippen molar-refractivity contribution in [3.8, 4) is 12.3 Å². The van der Waals surface area contributed by atoms with Gasteiger partial charge in [0.25, 0.3) is 5.91 Å². The third-order valence-electron chi connectivity index (χ3n) is 5.09. The molecule has 0 saturated carbocycles. The van der Waals surface area contributed by atoms with Gasteiger partial charge in [0.05, 0.1) is 16.6 Å². The van der Waals surface area contributed by atoms with Gasteiger partial charge >= 0.3 is 12.0 Å². The second-order valence-corrected chi connectivity index (χ2v) is 8.13. The topological polar surface area (TPSA) is 90.0 Å². The number of carboxylic acids is 1. The third kappa shape index (κ3) is 5.52. The molecule has 1 saturated heterocycles. The van der Waals surface area contributed by atoms with Crippen molar-refractivity contribution in [2.24, 2.45) is 0 Å².